The van der Waals surface area contributed by atoms with Gasteiger partial charge in [0.25, 0.3) is 11.6 Å². The molecule has 0 saturated heterocycles. The Morgan fingerprint density at radius 1 is 1.47 bits per heavy atom. The average molecular weight is 247 g/mol. The van der Waals surface area contributed by atoms with Crippen molar-refractivity contribution >= 4 is 34.9 Å². The van der Waals surface area contributed by atoms with Crippen molar-refractivity contribution in [1.29, 1.82) is 0 Å². The summed E-state index contributed by atoms with van der Waals surface area (Å²) in [4.78, 5) is 18.8. The fourth-order valence-electron chi connectivity index (χ4n) is 0.985. The zero-order valence-corrected chi connectivity index (χ0v) is 8.95. The lowest BCUT2D eigenvalue weighted by Crippen LogP contribution is -2.03. The third-order valence-corrected chi connectivity index (χ3v) is 2.07. The second-order valence-corrected chi connectivity index (χ2v) is 3.31. The van der Waals surface area contributed by atoms with Crippen LogP contribution >= 0.6 is 23.2 Å². The lowest BCUT2D eigenvalue weighted by Gasteiger charge is -1.93. The summed E-state index contributed by atoms with van der Waals surface area (Å²) in [6.07, 6.45) is 0. The number of nitrogens with zero attached hydrogens (tertiary/aromatic N) is 4. The minimum Gasteiger partial charge on any atom is -0.463 e. The lowest BCUT2D eigenvalue weighted by atomic mass is 10.6. The van der Waals surface area contributed by atoms with Crippen molar-refractivity contribution in [1.82, 2.24) is 19.6 Å². The summed E-state index contributed by atoms with van der Waals surface area (Å²) in [5.74, 6) is -0.630. The molecule has 0 fully saturated rings. The second kappa shape index (κ2) is 3.63. The average Bonchev–Trinajstić information content (AvgIpc) is 2.60. The second-order valence-electron chi connectivity index (χ2n) is 2.54. The van der Waals surface area contributed by atoms with Gasteiger partial charge < -0.3 is 4.74 Å². The fourth-order valence-corrected chi connectivity index (χ4v) is 1.44. The van der Waals surface area contributed by atoms with E-state index in [1.165, 1.54) is 17.7 Å². The molecule has 0 aliphatic carbocycles. The topological polar surface area (TPSA) is 69.4 Å². The molecule has 0 bridgehead atoms. The third-order valence-electron chi connectivity index (χ3n) is 1.61. The van der Waals surface area contributed by atoms with Crippen LogP contribution in [0.1, 0.15) is 10.6 Å². The van der Waals surface area contributed by atoms with Gasteiger partial charge in [-0.3, -0.25) is 0 Å². The molecule has 0 unspecified atom stereocenters. The van der Waals surface area contributed by atoms with E-state index >= 15 is 0 Å². The van der Waals surface area contributed by atoms with Gasteiger partial charge in [-0.25, -0.2) is 4.79 Å². The molecule has 0 aliphatic heterocycles. The van der Waals surface area contributed by atoms with Crippen LogP contribution in [0.2, 0.25) is 10.3 Å². The van der Waals surface area contributed by atoms with E-state index in [0.29, 0.717) is 0 Å². The molecule has 2 aromatic rings. The number of methoxy groups -OCH3 is 1. The Hall–Kier alpha value is -1.40. The standard InChI is InChI=1S/C7H4Cl2N4O2/c1-15-6(14)5-11-7-10-3(8)2-4(9)13(7)12-5/h2H,1H3. The molecule has 15 heavy (non-hydrogen) atoms. The predicted molar refractivity (Wildman–Crippen MR) is 52.1 cm³/mol. The van der Waals surface area contributed by atoms with Gasteiger partial charge in [0.1, 0.15) is 10.3 Å². The Bertz CT molecular complexity index is 539. The SMILES string of the molecule is COC(=O)c1nc2nc(Cl)cc(Cl)n2n1. The summed E-state index contributed by atoms with van der Waals surface area (Å²) in [6.45, 7) is 0. The van der Waals surface area contributed by atoms with Crippen LogP contribution in [-0.4, -0.2) is 32.7 Å². The Labute approximate surface area is 93.8 Å². The zero-order valence-electron chi connectivity index (χ0n) is 7.44. The van der Waals surface area contributed by atoms with Crippen molar-refractivity contribution in [2.24, 2.45) is 0 Å². The summed E-state index contributed by atoms with van der Waals surface area (Å²) in [7, 11) is 1.23. The normalized spacial score (nSPS) is 10.6. The number of hydrogen-bond donors (Lipinski definition) is 0. The molecule has 0 atom stereocenters. The number of halogens is 2. The molecule has 6 nitrogen and oxygen atoms in total. The summed E-state index contributed by atoms with van der Waals surface area (Å²) in [5.41, 5.74) is 0. The maximum absolute atomic E-state index is 11.1. The molecule has 0 aromatic carbocycles. The van der Waals surface area contributed by atoms with Gasteiger partial charge in [0, 0.05) is 6.07 Å². The Balaban J connectivity index is 2.65. The van der Waals surface area contributed by atoms with Gasteiger partial charge >= 0.3 is 5.97 Å². The largest absolute Gasteiger partial charge is 0.463 e. The highest BCUT2D eigenvalue weighted by atomic mass is 35.5. The van der Waals surface area contributed by atoms with E-state index in [2.05, 4.69) is 19.8 Å². The molecule has 8 heteroatoms. The Morgan fingerprint density at radius 2 is 2.20 bits per heavy atom. The number of rotatable bonds is 1. The first-order valence-corrected chi connectivity index (χ1v) is 4.54. The van der Waals surface area contributed by atoms with Gasteiger partial charge in [0.05, 0.1) is 7.11 Å². The molecule has 0 N–H and O–H groups in total. The molecular formula is C7H4Cl2N4O2. The first-order chi connectivity index (χ1) is 7.11. The fraction of sp³-hybridized carbons (Fsp3) is 0.143. The molecule has 2 rings (SSSR count). The van der Waals surface area contributed by atoms with Crippen LogP contribution in [-0.2, 0) is 4.74 Å². The number of carbonyl (C=O) groups is 1. The summed E-state index contributed by atoms with van der Waals surface area (Å²) < 4.78 is 5.65. The van der Waals surface area contributed by atoms with Crippen LogP contribution in [0.5, 0.6) is 0 Å². The maximum atomic E-state index is 11.1. The molecule has 2 aromatic heterocycles. The zero-order chi connectivity index (χ0) is 11.0. The van der Waals surface area contributed by atoms with E-state index in [0.717, 1.165) is 0 Å². The Kier molecular flexibility index (Phi) is 2.45. The van der Waals surface area contributed by atoms with Gasteiger partial charge in [-0.15, -0.1) is 5.10 Å². The number of esters is 1. The van der Waals surface area contributed by atoms with E-state index in [1.54, 1.807) is 0 Å². The Morgan fingerprint density at radius 3 is 2.87 bits per heavy atom. The van der Waals surface area contributed by atoms with Crippen LogP contribution in [0.15, 0.2) is 6.07 Å². The molecule has 0 saturated carbocycles. The van der Waals surface area contributed by atoms with Gasteiger partial charge in [-0.1, -0.05) is 23.2 Å². The number of ether oxygens (including phenoxy) is 1. The molecule has 78 valence electrons. The van der Waals surface area contributed by atoms with Crippen LogP contribution in [0.4, 0.5) is 0 Å². The summed E-state index contributed by atoms with van der Waals surface area (Å²) in [5, 5.41) is 4.19. The van der Waals surface area contributed by atoms with E-state index in [1.807, 2.05) is 0 Å². The monoisotopic (exact) mass is 246 g/mol. The smallest absolute Gasteiger partial charge is 0.378 e. The summed E-state index contributed by atoms with van der Waals surface area (Å²) >= 11 is 11.5. The van der Waals surface area contributed by atoms with Crippen molar-refractivity contribution in [3.8, 4) is 0 Å². The number of aromatic nitrogens is 4. The first-order valence-electron chi connectivity index (χ1n) is 3.79. The summed E-state index contributed by atoms with van der Waals surface area (Å²) in [6, 6.07) is 1.39. The number of carbonyl (C=O) groups excluding carboxylic acids is 1. The molecule has 0 radical (unpaired) electrons. The lowest BCUT2D eigenvalue weighted by molar-refractivity contribution is 0.0587. The number of fused-ring (bicyclic) bond motifs is 1. The van der Waals surface area contributed by atoms with Crippen LogP contribution < -0.4 is 0 Å². The highest BCUT2D eigenvalue weighted by Gasteiger charge is 2.15. The minimum atomic E-state index is -0.660. The van der Waals surface area contributed by atoms with Crippen LogP contribution in [0.25, 0.3) is 5.78 Å². The highest BCUT2D eigenvalue weighted by molar-refractivity contribution is 6.33. The van der Waals surface area contributed by atoms with Crippen molar-refractivity contribution < 1.29 is 9.53 Å². The van der Waals surface area contributed by atoms with Crippen molar-refractivity contribution in [3.05, 3.63) is 22.2 Å². The maximum Gasteiger partial charge on any atom is 0.378 e. The van der Waals surface area contributed by atoms with Gasteiger partial charge in [-0.05, 0) is 0 Å². The molecule has 0 amide bonds. The molecule has 0 spiro atoms. The first kappa shape index (κ1) is 10.1. The van der Waals surface area contributed by atoms with Gasteiger partial charge in [0.2, 0.25) is 0 Å². The van der Waals surface area contributed by atoms with E-state index in [4.69, 9.17) is 23.2 Å². The van der Waals surface area contributed by atoms with Gasteiger partial charge in [-0.2, -0.15) is 14.5 Å². The van der Waals surface area contributed by atoms with Crippen molar-refractivity contribution in [3.63, 3.8) is 0 Å². The molecule has 2 heterocycles. The van der Waals surface area contributed by atoms with E-state index in [9.17, 15) is 4.79 Å². The van der Waals surface area contributed by atoms with Crippen molar-refractivity contribution in [2.45, 2.75) is 0 Å². The van der Waals surface area contributed by atoms with E-state index in [-0.39, 0.29) is 21.9 Å². The predicted octanol–water partition coefficient (Wildman–Crippen LogP) is 1.22. The number of hydrogen-bond acceptors (Lipinski definition) is 5. The highest BCUT2D eigenvalue weighted by Crippen LogP contribution is 2.15. The minimum absolute atomic E-state index is 0.117. The quantitative estimate of drug-likeness (QED) is 0.559. The molecular weight excluding hydrogens is 243 g/mol. The van der Waals surface area contributed by atoms with E-state index < -0.39 is 5.97 Å². The third kappa shape index (κ3) is 1.73. The van der Waals surface area contributed by atoms with Gasteiger partial charge in [0.15, 0.2) is 0 Å². The molecule has 0 aliphatic rings. The van der Waals surface area contributed by atoms with Crippen LogP contribution in [0.3, 0.4) is 0 Å². The van der Waals surface area contributed by atoms with Crippen molar-refractivity contribution in [2.75, 3.05) is 7.11 Å². The van der Waals surface area contributed by atoms with Crippen LogP contribution in [0, 0.1) is 0 Å².